The standard InChI is InChI=1S/C16H20ClF3N2O3S2/c17-13-4-5-14(26-13)27(24,25)22-8-6-21(7-9-22)15(23)11-2-1-3-12(10-11)16(18,19)20/h4-5,11-12H,1-3,6-10H2. The van der Waals surface area contributed by atoms with Crippen LogP contribution in [-0.2, 0) is 14.8 Å². The van der Waals surface area contributed by atoms with Gasteiger partial charge in [-0.05, 0) is 31.4 Å². The van der Waals surface area contributed by atoms with Crippen molar-refractivity contribution >= 4 is 38.9 Å². The lowest BCUT2D eigenvalue weighted by atomic mass is 9.80. The van der Waals surface area contributed by atoms with Gasteiger partial charge in [0.15, 0.2) is 0 Å². The maximum atomic E-state index is 13.0. The van der Waals surface area contributed by atoms with Crippen LogP contribution in [0, 0.1) is 11.8 Å². The highest BCUT2D eigenvalue weighted by Gasteiger charge is 2.44. The van der Waals surface area contributed by atoms with E-state index in [-0.39, 0.29) is 49.1 Å². The first-order valence-electron chi connectivity index (χ1n) is 8.70. The third kappa shape index (κ3) is 4.60. The highest BCUT2D eigenvalue weighted by atomic mass is 35.5. The molecule has 11 heteroatoms. The summed E-state index contributed by atoms with van der Waals surface area (Å²) in [5, 5.41) is 0. The molecule has 5 nitrogen and oxygen atoms in total. The molecule has 152 valence electrons. The zero-order valence-electron chi connectivity index (χ0n) is 14.4. The van der Waals surface area contributed by atoms with Gasteiger partial charge in [-0.2, -0.15) is 17.5 Å². The smallest absolute Gasteiger partial charge is 0.340 e. The van der Waals surface area contributed by atoms with Gasteiger partial charge in [-0.25, -0.2) is 8.42 Å². The van der Waals surface area contributed by atoms with E-state index >= 15 is 0 Å². The maximum absolute atomic E-state index is 13.0. The molecule has 1 saturated carbocycles. The molecule has 2 unspecified atom stereocenters. The molecule has 1 amide bonds. The van der Waals surface area contributed by atoms with Crippen molar-refractivity contribution in [1.29, 1.82) is 0 Å². The Balaban J connectivity index is 1.59. The highest BCUT2D eigenvalue weighted by Crippen LogP contribution is 2.40. The van der Waals surface area contributed by atoms with Crippen LogP contribution in [0.1, 0.15) is 25.7 Å². The summed E-state index contributed by atoms with van der Waals surface area (Å²) < 4.78 is 65.8. The van der Waals surface area contributed by atoms with Crippen LogP contribution in [0.2, 0.25) is 4.34 Å². The van der Waals surface area contributed by atoms with Gasteiger partial charge in [0.25, 0.3) is 10.0 Å². The first kappa shape index (κ1) is 20.9. The molecule has 0 radical (unpaired) electrons. The largest absolute Gasteiger partial charge is 0.391 e. The fourth-order valence-electron chi connectivity index (χ4n) is 3.68. The Labute approximate surface area is 165 Å². The summed E-state index contributed by atoms with van der Waals surface area (Å²) in [6, 6.07) is 2.96. The van der Waals surface area contributed by atoms with Crippen LogP contribution >= 0.6 is 22.9 Å². The molecule has 1 aliphatic heterocycles. The Morgan fingerprint density at radius 1 is 1.15 bits per heavy atom. The average Bonchev–Trinajstić information content (AvgIpc) is 3.08. The van der Waals surface area contributed by atoms with Crippen molar-refractivity contribution in [3.8, 4) is 0 Å². The normalized spacial score (nSPS) is 25.6. The molecule has 1 saturated heterocycles. The molecule has 2 fully saturated rings. The summed E-state index contributed by atoms with van der Waals surface area (Å²) in [4.78, 5) is 14.1. The van der Waals surface area contributed by atoms with Gasteiger partial charge in [0.2, 0.25) is 5.91 Å². The van der Waals surface area contributed by atoms with E-state index in [1.54, 1.807) is 0 Å². The molecular formula is C16H20ClF3N2O3S2. The second-order valence-corrected chi connectivity index (χ2v) is 10.8. The number of carbonyl (C=O) groups excluding carboxylic acids is 1. The number of hydrogen-bond acceptors (Lipinski definition) is 4. The topological polar surface area (TPSA) is 57.7 Å². The van der Waals surface area contributed by atoms with Crippen LogP contribution < -0.4 is 0 Å². The van der Waals surface area contributed by atoms with Crippen molar-refractivity contribution in [2.24, 2.45) is 11.8 Å². The van der Waals surface area contributed by atoms with Crippen LogP contribution in [0.15, 0.2) is 16.3 Å². The van der Waals surface area contributed by atoms with E-state index in [0.29, 0.717) is 17.2 Å². The summed E-state index contributed by atoms with van der Waals surface area (Å²) in [5.41, 5.74) is 0. The summed E-state index contributed by atoms with van der Waals surface area (Å²) in [6.45, 7) is 0.618. The van der Waals surface area contributed by atoms with Gasteiger partial charge in [0, 0.05) is 32.1 Å². The van der Waals surface area contributed by atoms with Crippen LogP contribution in [0.4, 0.5) is 13.2 Å². The average molecular weight is 445 g/mol. The number of halogens is 4. The molecule has 1 aromatic heterocycles. The van der Waals surface area contributed by atoms with Crippen molar-refractivity contribution in [2.75, 3.05) is 26.2 Å². The van der Waals surface area contributed by atoms with Gasteiger partial charge in [0.05, 0.1) is 10.3 Å². The molecule has 1 aromatic rings. The Bertz CT molecular complexity index is 789. The quantitative estimate of drug-likeness (QED) is 0.715. The van der Waals surface area contributed by atoms with E-state index in [2.05, 4.69) is 0 Å². The first-order valence-corrected chi connectivity index (χ1v) is 11.3. The Morgan fingerprint density at radius 3 is 2.37 bits per heavy atom. The van der Waals surface area contributed by atoms with E-state index in [1.807, 2.05) is 0 Å². The second-order valence-electron chi connectivity index (χ2n) is 6.89. The van der Waals surface area contributed by atoms with E-state index in [9.17, 15) is 26.4 Å². The minimum atomic E-state index is -4.27. The number of sulfonamides is 1. The number of alkyl halides is 3. The number of amides is 1. The van der Waals surface area contributed by atoms with Gasteiger partial charge in [0.1, 0.15) is 4.21 Å². The third-order valence-corrected chi connectivity index (χ3v) is 8.78. The molecule has 0 spiro atoms. The van der Waals surface area contributed by atoms with Crippen molar-refractivity contribution < 1.29 is 26.4 Å². The summed E-state index contributed by atoms with van der Waals surface area (Å²) >= 11 is 6.77. The predicted octanol–water partition coefficient (Wildman–Crippen LogP) is 3.60. The lowest BCUT2D eigenvalue weighted by molar-refractivity contribution is -0.187. The third-order valence-electron chi connectivity index (χ3n) is 5.18. The summed E-state index contributed by atoms with van der Waals surface area (Å²) in [7, 11) is -3.66. The second kappa shape index (κ2) is 7.88. The van der Waals surface area contributed by atoms with Crippen molar-refractivity contribution in [3.05, 3.63) is 16.5 Å². The predicted molar refractivity (Wildman–Crippen MR) is 96.2 cm³/mol. The maximum Gasteiger partial charge on any atom is 0.391 e. The zero-order chi connectivity index (χ0) is 19.8. The van der Waals surface area contributed by atoms with Crippen LogP contribution in [0.25, 0.3) is 0 Å². The van der Waals surface area contributed by atoms with Crippen molar-refractivity contribution in [1.82, 2.24) is 9.21 Å². The van der Waals surface area contributed by atoms with Gasteiger partial charge in [-0.3, -0.25) is 4.79 Å². The minimum Gasteiger partial charge on any atom is -0.340 e. The number of nitrogens with zero attached hydrogens (tertiary/aromatic N) is 2. The lowest BCUT2D eigenvalue weighted by Gasteiger charge is -2.37. The monoisotopic (exact) mass is 444 g/mol. The Morgan fingerprint density at radius 2 is 1.81 bits per heavy atom. The lowest BCUT2D eigenvalue weighted by Crippen LogP contribution is -2.52. The Kier molecular flexibility index (Phi) is 6.10. The molecule has 0 bridgehead atoms. The number of thiophene rings is 1. The number of rotatable bonds is 3. The van der Waals surface area contributed by atoms with E-state index < -0.39 is 28.0 Å². The molecule has 2 atom stereocenters. The minimum absolute atomic E-state index is 0.0721. The number of hydrogen-bond donors (Lipinski definition) is 0. The van der Waals surface area contributed by atoms with E-state index in [4.69, 9.17) is 11.6 Å². The van der Waals surface area contributed by atoms with Crippen molar-refractivity contribution in [2.45, 2.75) is 36.1 Å². The molecule has 27 heavy (non-hydrogen) atoms. The van der Waals surface area contributed by atoms with Gasteiger partial charge < -0.3 is 4.90 Å². The summed E-state index contributed by atoms with van der Waals surface area (Å²) in [5.74, 6) is -2.35. The molecule has 3 rings (SSSR count). The van der Waals surface area contributed by atoms with Crippen molar-refractivity contribution in [3.63, 3.8) is 0 Å². The molecular weight excluding hydrogens is 425 g/mol. The zero-order valence-corrected chi connectivity index (χ0v) is 16.8. The Hall–Kier alpha value is -0.840. The SMILES string of the molecule is O=C(C1CCCC(C(F)(F)F)C1)N1CCN(S(=O)(=O)c2ccc(Cl)s2)CC1. The number of carbonyl (C=O) groups is 1. The summed E-state index contributed by atoms with van der Waals surface area (Å²) in [6.07, 6.45) is -3.53. The van der Waals surface area contributed by atoms with Crippen LogP contribution in [0.5, 0.6) is 0 Å². The van der Waals surface area contributed by atoms with E-state index in [1.165, 1.54) is 21.3 Å². The van der Waals surface area contributed by atoms with Crippen LogP contribution in [0.3, 0.4) is 0 Å². The molecule has 0 N–H and O–H groups in total. The molecule has 0 aromatic carbocycles. The van der Waals surface area contributed by atoms with Gasteiger partial charge in [-0.15, -0.1) is 11.3 Å². The molecule has 1 aliphatic carbocycles. The first-order chi connectivity index (χ1) is 12.6. The molecule has 2 aliphatic rings. The fraction of sp³-hybridized carbons (Fsp3) is 0.688. The highest BCUT2D eigenvalue weighted by molar-refractivity contribution is 7.91. The number of piperazine rings is 1. The fourth-order valence-corrected chi connectivity index (χ4v) is 6.74. The van der Waals surface area contributed by atoms with E-state index in [0.717, 1.165) is 11.3 Å². The van der Waals surface area contributed by atoms with Gasteiger partial charge >= 0.3 is 6.18 Å². The van der Waals surface area contributed by atoms with Gasteiger partial charge in [-0.1, -0.05) is 18.0 Å². The van der Waals surface area contributed by atoms with Crippen LogP contribution in [-0.4, -0.2) is 55.9 Å². The molecule has 2 heterocycles.